The molecule has 2 atom stereocenters. The summed E-state index contributed by atoms with van der Waals surface area (Å²) in [7, 11) is 0. The Hall–Kier alpha value is -0.940. The molecule has 1 aromatic heterocycles. The van der Waals surface area contributed by atoms with Gasteiger partial charge in [-0.05, 0) is 31.6 Å². The largest absolute Gasteiger partial charge is 0.370 e. The first-order valence-corrected chi connectivity index (χ1v) is 7.84. The molecule has 1 fully saturated rings. The maximum absolute atomic E-state index is 6.07. The summed E-state index contributed by atoms with van der Waals surface area (Å²) in [6, 6.07) is -0.204. The number of nitrogens with zero attached hydrogens (tertiary/aromatic N) is 2. The van der Waals surface area contributed by atoms with Crippen molar-refractivity contribution in [3.05, 3.63) is 11.7 Å². The second-order valence-corrected chi connectivity index (χ2v) is 6.03. The molecule has 0 aromatic carbocycles. The predicted octanol–water partition coefficient (Wildman–Crippen LogP) is 3.38. The molecular weight excluding hydrogens is 254 g/mol. The monoisotopic (exact) mass is 281 g/mol. The van der Waals surface area contributed by atoms with Crippen molar-refractivity contribution in [2.24, 2.45) is 17.6 Å². The molecule has 1 aromatic rings. The third-order valence-electron chi connectivity index (χ3n) is 4.14. The maximum atomic E-state index is 6.07. The molecule has 5 heteroatoms. The zero-order valence-electron chi connectivity index (χ0n) is 12.8. The van der Waals surface area contributed by atoms with Gasteiger partial charge in [0.15, 0.2) is 0 Å². The molecule has 5 nitrogen and oxygen atoms in total. The molecule has 2 N–H and O–H groups in total. The Morgan fingerprint density at radius 2 is 2.00 bits per heavy atom. The zero-order chi connectivity index (χ0) is 14.5. The number of ether oxygens (including phenoxy) is 1. The average molecular weight is 281 g/mol. The van der Waals surface area contributed by atoms with Crippen LogP contribution in [-0.4, -0.2) is 16.7 Å². The van der Waals surface area contributed by atoms with Crippen LogP contribution in [0.2, 0.25) is 0 Å². The summed E-state index contributed by atoms with van der Waals surface area (Å²) in [6.07, 6.45) is 6.19. The van der Waals surface area contributed by atoms with E-state index in [-0.39, 0.29) is 18.1 Å². The van der Waals surface area contributed by atoms with E-state index in [4.69, 9.17) is 15.0 Å². The standard InChI is InChI=1S/C15H27N3O2/c1-4-19-13(11-8-6-5-7-9-11)14-17-15(20-18-14)12(16)10(2)3/h10-13H,4-9,16H2,1-3H3. The highest BCUT2D eigenvalue weighted by Crippen LogP contribution is 2.36. The first-order valence-electron chi connectivity index (χ1n) is 7.84. The lowest BCUT2D eigenvalue weighted by Gasteiger charge is -2.27. The fourth-order valence-electron chi connectivity index (χ4n) is 2.82. The van der Waals surface area contributed by atoms with E-state index in [2.05, 4.69) is 24.0 Å². The van der Waals surface area contributed by atoms with Gasteiger partial charge in [0.2, 0.25) is 11.7 Å². The molecule has 1 aliphatic carbocycles. The van der Waals surface area contributed by atoms with E-state index in [1.807, 2.05) is 6.92 Å². The predicted molar refractivity (Wildman–Crippen MR) is 77.0 cm³/mol. The topological polar surface area (TPSA) is 74.2 Å². The molecule has 0 radical (unpaired) electrons. The molecule has 0 bridgehead atoms. The van der Waals surface area contributed by atoms with Crippen LogP contribution < -0.4 is 5.73 Å². The molecule has 0 amide bonds. The zero-order valence-corrected chi connectivity index (χ0v) is 12.8. The molecule has 0 aliphatic heterocycles. The summed E-state index contributed by atoms with van der Waals surface area (Å²) >= 11 is 0. The lowest BCUT2D eigenvalue weighted by molar-refractivity contribution is -0.00145. The van der Waals surface area contributed by atoms with Crippen molar-refractivity contribution in [3.63, 3.8) is 0 Å². The van der Waals surface area contributed by atoms with Gasteiger partial charge in [-0.3, -0.25) is 0 Å². The number of rotatable bonds is 6. The number of nitrogens with two attached hydrogens (primary N) is 1. The Morgan fingerprint density at radius 1 is 1.30 bits per heavy atom. The lowest BCUT2D eigenvalue weighted by atomic mass is 9.85. The fraction of sp³-hybridized carbons (Fsp3) is 0.867. The minimum absolute atomic E-state index is 0.0443. The highest BCUT2D eigenvalue weighted by atomic mass is 16.5. The van der Waals surface area contributed by atoms with Gasteiger partial charge in [-0.15, -0.1) is 0 Å². The van der Waals surface area contributed by atoms with Crippen molar-refractivity contribution in [3.8, 4) is 0 Å². The summed E-state index contributed by atoms with van der Waals surface area (Å²) in [5.74, 6) is 1.98. The van der Waals surface area contributed by atoms with Gasteiger partial charge in [-0.1, -0.05) is 38.3 Å². The van der Waals surface area contributed by atoms with Crippen molar-refractivity contribution in [1.82, 2.24) is 10.1 Å². The maximum Gasteiger partial charge on any atom is 0.243 e. The highest BCUT2D eigenvalue weighted by molar-refractivity contribution is 4.98. The Morgan fingerprint density at radius 3 is 2.60 bits per heavy atom. The van der Waals surface area contributed by atoms with Crippen molar-refractivity contribution in [2.45, 2.75) is 65.0 Å². The number of hydrogen-bond acceptors (Lipinski definition) is 5. The SMILES string of the molecule is CCOC(c1noc(C(N)C(C)C)n1)C1CCCCC1. The van der Waals surface area contributed by atoms with Crippen molar-refractivity contribution in [2.75, 3.05) is 6.61 Å². The molecule has 2 unspecified atom stereocenters. The van der Waals surface area contributed by atoms with Crippen LogP contribution in [0.25, 0.3) is 0 Å². The fourth-order valence-corrected chi connectivity index (χ4v) is 2.82. The smallest absolute Gasteiger partial charge is 0.243 e. The third-order valence-corrected chi connectivity index (χ3v) is 4.14. The summed E-state index contributed by atoms with van der Waals surface area (Å²) in [5, 5.41) is 4.12. The van der Waals surface area contributed by atoms with Crippen molar-refractivity contribution >= 4 is 0 Å². The second-order valence-electron chi connectivity index (χ2n) is 6.03. The van der Waals surface area contributed by atoms with E-state index in [9.17, 15) is 0 Å². The quantitative estimate of drug-likeness (QED) is 0.865. The molecule has 0 saturated heterocycles. The van der Waals surface area contributed by atoms with E-state index in [1.165, 1.54) is 32.1 Å². The molecule has 1 saturated carbocycles. The van der Waals surface area contributed by atoms with Crippen LogP contribution in [-0.2, 0) is 4.74 Å². The molecule has 1 aliphatic rings. The third kappa shape index (κ3) is 3.58. The lowest BCUT2D eigenvalue weighted by Crippen LogP contribution is -2.21. The average Bonchev–Trinajstić information content (AvgIpc) is 2.94. The van der Waals surface area contributed by atoms with E-state index >= 15 is 0 Å². The van der Waals surface area contributed by atoms with Gasteiger partial charge in [0.25, 0.3) is 0 Å². The van der Waals surface area contributed by atoms with Crippen molar-refractivity contribution < 1.29 is 9.26 Å². The van der Waals surface area contributed by atoms with Crippen LogP contribution in [0.5, 0.6) is 0 Å². The molecule has 1 heterocycles. The Bertz CT molecular complexity index is 400. The first kappa shape index (κ1) is 15.4. The summed E-state index contributed by atoms with van der Waals surface area (Å²) in [5.41, 5.74) is 6.07. The Labute approximate surface area is 121 Å². The van der Waals surface area contributed by atoms with Gasteiger partial charge in [0.1, 0.15) is 6.10 Å². The van der Waals surface area contributed by atoms with Gasteiger partial charge in [-0.25, -0.2) is 0 Å². The normalized spacial score (nSPS) is 20.2. The molecule has 20 heavy (non-hydrogen) atoms. The van der Waals surface area contributed by atoms with E-state index in [0.29, 0.717) is 24.2 Å². The minimum atomic E-state index is -0.204. The van der Waals surface area contributed by atoms with Gasteiger partial charge in [-0.2, -0.15) is 4.98 Å². The molecule has 0 spiro atoms. The van der Waals surface area contributed by atoms with Crippen LogP contribution in [0.15, 0.2) is 4.52 Å². The number of hydrogen-bond donors (Lipinski definition) is 1. The highest BCUT2D eigenvalue weighted by Gasteiger charge is 2.30. The second kappa shape index (κ2) is 7.18. The summed E-state index contributed by atoms with van der Waals surface area (Å²) < 4.78 is 11.2. The van der Waals surface area contributed by atoms with Crippen molar-refractivity contribution in [1.29, 1.82) is 0 Å². The molecular formula is C15H27N3O2. The van der Waals surface area contributed by atoms with Crippen LogP contribution in [0.3, 0.4) is 0 Å². The van der Waals surface area contributed by atoms with Gasteiger partial charge < -0.3 is 15.0 Å². The molecule has 114 valence electrons. The van der Waals surface area contributed by atoms with Crippen LogP contribution in [0.4, 0.5) is 0 Å². The van der Waals surface area contributed by atoms with Crippen LogP contribution in [0, 0.1) is 11.8 Å². The van der Waals surface area contributed by atoms with Gasteiger partial charge in [0.05, 0.1) is 6.04 Å². The molecule has 2 rings (SSSR count). The van der Waals surface area contributed by atoms with E-state index < -0.39 is 0 Å². The summed E-state index contributed by atoms with van der Waals surface area (Å²) in [4.78, 5) is 4.50. The van der Waals surface area contributed by atoms with E-state index in [1.54, 1.807) is 0 Å². The van der Waals surface area contributed by atoms with Gasteiger partial charge in [0, 0.05) is 6.61 Å². The minimum Gasteiger partial charge on any atom is -0.370 e. The Kier molecular flexibility index (Phi) is 5.54. The van der Waals surface area contributed by atoms with Crippen LogP contribution in [0.1, 0.15) is 76.7 Å². The first-order chi connectivity index (χ1) is 9.63. The number of aromatic nitrogens is 2. The van der Waals surface area contributed by atoms with Crippen LogP contribution >= 0.6 is 0 Å². The Balaban J connectivity index is 2.12. The summed E-state index contributed by atoms with van der Waals surface area (Å²) in [6.45, 7) is 6.78. The van der Waals surface area contributed by atoms with E-state index in [0.717, 1.165) is 0 Å². The van der Waals surface area contributed by atoms with Gasteiger partial charge >= 0.3 is 0 Å².